The Hall–Kier alpha value is -0.900. The van der Waals surface area contributed by atoms with Gasteiger partial charge in [0.25, 0.3) is 0 Å². The van der Waals surface area contributed by atoms with E-state index in [2.05, 4.69) is 32.3 Å². The van der Waals surface area contributed by atoms with Crippen molar-refractivity contribution in [1.29, 1.82) is 0 Å². The van der Waals surface area contributed by atoms with E-state index in [0.29, 0.717) is 5.02 Å². The Kier molecular flexibility index (Phi) is 4.75. The van der Waals surface area contributed by atoms with Gasteiger partial charge in [-0.3, -0.25) is 4.98 Å². The fourth-order valence-electron chi connectivity index (χ4n) is 1.91. The molecule has 2 aromatic rings. The molecule has 2 rings (SSSR count). The summed E-state index contributed by atoms with van der Waals surface area (Å²) in [5.41, 5.74) is 2.33. The summed E-state index contributed by atoms with van der Waals surface area (Å²) in [6.07, 6.45) is 4.29. The summed E-state index contributed by atoms with van der Waals surface area (Å²) >= 11 is 9.73. The van der Waals surface area contributed by atoms with E-state index in [1.54, 1.807) is 12.4 Å². The second-order valence-corrected chi connectivity index (χ2v) is 5.30. The topological polar surface area (TPSA) is 24.9 Å². The predicted octanol–water partition coefficient (Wildman–Crippen LogP) is 4.00. The third kappa shape index (κ3) is 3.10. The molecule has 0 spiro atoms. The number of hydrogen-bond donors (Lipinski definition) is 1. The Labute approximate surface area is 121 Å². The van der Waals surface area contributed by atoms with Crippen LogP contribution in [-0.2, 0) is 6.42 Å². The van der Waals surface area contributed by atoms with Gasteiger partial charge in [-0.15, -0.1) is 0 Å². The van der Waals surface area contributed by atoms with Gasteiger partial charge in [-0.1, -0.05) is 45.7 Å². The van der Waals surface area contributed by atoms with Crippen molar-refractivity contribution in [2.75, 3.05) is 7.05 Å². The van der Waals surface area contributed by atoms with E-state index in [0.717, 1.165) is 16.5 Å². The fourth-order valence-corrected chi connectivity index (χ4v) is 2.67. The van der Waals surface area contributed by atoms with E-state index in [4.69, 9.17) is 11.6 Å². The normalized spacial score (nSPS) is 12.4. The molecule has 0 saturated carbocycles. The molecule has 1 heterocycles. The van der Waals surface area contributed by atoms with Crippen LogP contribution < -0.4 is 5.32 Å². The van der Waals surface area contributed by atoms with E-state index in [1.807, 2.05) is 31.3 Å². The van der Waals surface area contributed by atoms with Gasteiger partial charge in [-0.25, -0.2) is 0 Å². The second kappa shape index (κ2) is 6.32. The zero-order valence-corrected chi connectivity index (χ0v) is 12.4. The van der Waals surface area contributed by atoms with Crippen LogP contribution in [0.25, 0.3) is 0 Å². The zero-order valence-electron chi connectivity index (χ0n) is 10.0. The quantitative estimate of drug-likeness (QED) is 0.919. The van der Waals surface area contributed by atoms with Gasteiger partial charge in [-0.2, -0.15) is 0 Å². The van der Waals surface area contributed by atoms with Crippen LogP contribution in [0.3, 0.4) is 0 Å². The third-order valence-corrected chi connectivity index (χ3v) is 3.97. The molecule has 1 unspecified atom stereocenters. The Morgan fingerprint density at radius 2 is 2.11 bits per heavy atom. The van der Waals surface area contributed by atoms with Gasteiger partial charge in [-0.05, 0) is 36.7 Å². The number of aromatic nitrogens is 1. The lowest BCUT2D eigenvalue weighted by atomic mass is 10.00. The SMILES string of the molecule is CNC(Cc1ccncc1Cl)c1ccccc1Br. The summed E-state index contributed by atoms with van der Waals surface area (Å²) in [6.45, 7) is 0. The average Bonchev–Trinajstić information content (AvgIpc) is 2.39. The lowest BCUT2D eigenvalue weighted by Crippen LogP contribution is -2.19. The molecule has 0 fully saturated rings. The highest BCUT2D eigenvalue weighted by atomic mass is 79.9. The van der Waals surface area contributed by atoms with Crippen molar-refractivity contribution in [3.05, 3.63) is 63.3 Å². The van der Waals surface area contributed by atoms with Crippen LogP contribution in [-0.4, -0.2) is 12.0 Å². The summed E-state index contributed by atoms with van der Waals surface area (Å²) in [5, 5.41) is 4.04. The van der Waals surface area contributed by atoms with E-state index in [1.165, 1.54) is 5.56 Å². The van der Waals surface area contributed by atoms with Crippen molar-refractivity contribution in [3.63, 3.8) is 0 Å². The molecule has 18 heavy (non-hydrogen) atoms. The second-order valence-electron chi connectivity index (χ2n) is 4.03. The van der Waals surface area contributed by atoms with E-state index >= 15 is 0 Å². The molecule has 0 bridgehead atoms. The zero-order chi connectivity index (χ0) is 13.0. The van der Waals surface area contributed by atoms with Crippen molar-refractivity contribution in [2.45, 2.75) is 12.5 Å². The van der Waals surface area contributed by atoms with E-state index < -0.39 is 0 Å². The first-order chi connectivity index (χ1) is 8.72. The largest absolute Gasteiger partial charge is 0.313 e. The average molecular weight is 326 g/mol. The number of benzene rings is 1. The van der Waals surface area contributed by atoms with Crippen LogP contribution in [0.15, 0.2) is 47.2 Å². The molecule has 0 amide bonds. The highest BCUT2D eigenvalue weighted by molar-refractivity contribution is 9.10. The number of pyridine rings is 1. The lowest BCUT2D eigenvalue weighted by molar-refractivity contribution is 0.589. The molecule has 4 heteroatoms. The van der Waals surface area contributed by atoms with Gasteiger partial charge in [0, 0.05) is 22.9 Å². The first-order valence-electron chi connectivity index (χ1n) is 5.72. The molecule has 1 N–H and O–H groups in total. The summed E-state index contributed by atoms with van der Waals surface area (Å²) < 4.78 is 1.11. The number of hydrogen-bond acceptors (Lipinski definition) is 2. The van der Waals surface area contributed by atoms with Crippen molar-refractivity contribution < 1.29 is 0 Å². The van der Waals surface area contributed by atoms with Crippen LogP contribution in [0, 0.1) is 0 Å². The minimum Gasteiger partial charge on any atom is -0.313 e. The fraction of sp³-hybridized carbons (Fsp3) is 0.214. The lowest BCUT2D eigenvalue weighted by Gasteiger charge is -2.18. The molecule has 2 nitrogen and oxygen atoms in total. The van der Waals surface area contributed by atoms with Gasteiger partial charge in [0.1, 0.15) is 0 Å². The van der Waals surface area contributed by atoms with Crippen molar-refractivity contribution in [1.82, 2.24) is 10.3 Å². The maximum atomic E-state index is 6.15. The number of halogens is 2. The van der Waals surface area contributed by atoms with Crippen LogP contribution in [0.1, 0.15) is 17.2 Å². The number of nitrogens with one attached hydrogen (secondary N) is 1. The minimum atomic E-state index is 0.223. The molecule has 0 aliphatic heterocycles. The summed E-state index contributed by atoms with van der Waals surface area (Å²) in [5.74, 6) is 0. The predicted molar refractivity (Wildman–Crippen MR) is 78.9 cm³/mol. The minimum absolute atomic E-state index is 0.223. The van der Waals surface area contributed by atoms with Gasteiger partial charge < -0.3 is 5.32 Å². The van der Waals surface area contributed by atoms with Gasteiger partial charge in [0.05, 0.1) is 5.02 Å². The molecule has 0 aliphatic rings. The molecule has 1 atom stereocenters. The molecule has 0 radical (unpaired) electrons. The van der Waals surface area contributed by atoms with E-state index in [-0.39, 0.29) is 6.04 Å². The number of likely N-dealkylation sites (N-methyl/N-ethyl adjacent to an activating group) is 1. The van der Waals surface area contributed by atoms with Crippen molar-refractivity contribution in [3.8, 4) is 0 Å². The van der Waals surface area contributed by atoms with Gasteiger partial charge in [0.15, 0.2) is 0 Å². The van der Waals surface area contributed by atoms with Crippen LogP contribution >= 0.6 is 27.5 Å². The number of rotatable bonds is 4. The van der Waals surface area contributed by atoms with Crippen LogP contribution in [0.2, 0.25) is 5.02 Å². The Bertz CT molecular complexity index is 531. The first kappa shape index (κ1) is 13.5. The van der Waals surface area contributed by atoms with Crippen LogP contribution in [0.4, 0.5) is 0 Å². The van der Waals surface area contributed by atoms with Gasteiger partial charge in [0.2, 0.25) is 0 Å². The third-order valence-electron chi connectivity index (χ3n) is 2.91. The first-order valence-corrected chi connectivity index (χ1v) is 6.89. The molecule has 1 aromatic carbocycles. The highest BCUT2D eigenvalue weighted by Gasteiger charge is 2.14. The molecular formula is C14H14BrClN2. The molecular weight excluding hydrogens is 312 g/mol. The maximum Gasteiger partial charge on any atom is 0.0622 e. The highest BCUT2D eigenvalue weighted by Crippen LogP contribution is 2.27. The van der Waals surface area contributed by atoms with Crippen LogP contribution in [0.5, 0.6) is 0 Å². The van der Waals surface area contributed by atoms with Gasteiger partial charge >= 0.3 is 0 Å². The number of nitrogens with zero attached hydrogens (tertiary/aromatic N) is 1. The molecule has 0 aliphatic carbocycles. The molecule has 1 aromatic heterocycles. The summed E-state index contributed by atoms with van der Waals surface area (Å²) in [6, 6.07) is 10.4. The Morgan fingerprint density at radius 1 is 1.33 bits per heavy atom. The molecule has 0 saturated heterocycles. The standard InChI is InChI=1S/C14H14BrClN2/c1-17-14(11-4-2-3-5-12(11)15)8-10-6-7-18-9-13(10)16/h2-7,9,14,17H,8H2,1H3. The Balaban J connectivity index is 2.26. The van der Waals surface area contributed by atoms with Crippen molar-refractivity contribution in [2.24, 2.45) is 0 Å². The summed E-state index contributed by atoms with van der Waals surface area (Å²) in [4.78, 5) is 4.01. The smallest absolute Gasteiger partial charge is 0.0622 e. The van der Waals surface area contributed by atoms with Crippen molar-refractivity contribution >= 4 is 27.5 Å². The maximum absolute atomic E-state index is 6.15. The monoisotopic (exact) mass is 324 g/mol. The summed E-state index contributed by atoms with van der Waals surface area (Å²) in [7, 11) is 1.96. The van der Waals surface area contributed by atoms with E-state index in [9.17, 15) is 0 Å². The Morgan fingerprint density at radius 3 is 2.78 bits per heavy atom. The molecule has 94 valence electrons.